The van der Waals surface area contributed by atoms with Gasteiger partial charge in [0.25, 0.3) is 0 Å². The fourth-order valence-electron chi connectivity index (χ4n) is 4.30. The molecule has 13 heteroatoms. The Morgan fingerprint density at radius 3 is 2.48 bits per heavy atom. The lowest BCUT2D eigenvalue weighted by molar-refractivity contribution is -0.206. The summed E-state index contributed by atoms with van der Waals surface area (Å²) in [5, 5.41) is 34.3. The summed E-state index contributed by atoms with van der Waals surface area (Å²) in [4.78, 5) is 4.27. The van der Waals surface area contributed by atoms with Crippen LogP contribution in [0.15, 0.2) is 42.7 Å². The van der Waals surface area contributed by atoms with Gasteiger partial charge in [-0.3, -0.25) is 4.98 Å². The molecule has 0 fully saturated rings. The Hall–Kier alpha value is -4.42. The molecule has 1 unspecified atom stereocenters. The molecule has 0 amide bonds. The molecule has 4 rings (SSSR count). The summed E-state index contributed by atoms with van der Waals surface area (Å²) in [5.41, 5.74) is 1.09. The Kier molecular flexibility index (Phi) is 8.60. The second-order valence-corrected chi connectivity index (χ2v) is 11.0. The van der Waals surface area contributed by atoms with E-state index in [-0.39, 0.29) is 21.8 Å². The van der Waals surface area contributed by atoms with Gasteiger partial charge in [0, 0.05) is 23.8 Å². The number of nitrogens with one attached hydrogen (secondary N) is 2. The molecular formula is C29H27ClF4N8. The van der Waals surface area contributed by atoms with Crippen LogP contribution in [0.25, 0.3) is 10.9 Å². The molecule has 0 spiro atoms. The third kappa shape index (κ3) is 5.95. The monoisotopic (exact) mass is 598 g/mol. The number of rotatable bonds is 9. The Labute approximate surface area is 244 Å². The number of halogens is 5. The molecule has 2 N–H and O–H groups in total. The van der Waals surface area contributed by atoms with Crippen molar-refractivity contribution >= 4 is 33.9 Å². The standard InChI is InChI=1S/C29H27ClF4N8/c1-16(10-31)42-14-24(40-41-42)27(21-7-5-6-18(11-35)17(21)2)39-20-8-22-25(38-15-28(3,4)29(32,33)34)19(12-36)13-37-26(22)23(30)9-20/h5-9,13-14,16,27,39H,10,15H2,1-4H3,(H,37,38)/t16?,27-/m0/s1. The first kappa shape index (κ1) is 30.5. The van der Waals surface area contributed by atoms with E-state index in [1.807, 2.05) is 12.1 Å². The fraction of sp³-hybridized carbons (Fsp3) is 0.345. The van der Waals surface area contributed by atoms with Crippen molar-refractivity contribution in [3.63, 3.8) is 0 Å². The Morgan fingerprint density at radius 2 is 1.83 bits per heavy atom. The van der Waals surface area contributed by atoms with Crippen LogP contribution in [0, 0.1) is 35.0 Å². The second kappa shape index (κ2) is 11.8. The zero-order valence-corrected chi connectivity index (χ0v) is 23.9. The van der Waals surface area contributed by atoms with E-state index in [1.165, 1.54) is 10.9 Å². The van der Waals surface area contributed by atoms with Crippen LogP contribution >= 0.6 is 11.6 Å². The number of benzene rings is 2. The predicted octanol–water partition coefficient (Wildman–Crippen LogP) is 7.26. The lowest BCUT2D eigenvalue weighted by atomic mass is 9.92. The van der Waals surface area contributed by atoms with Crippen molar-refractivity contribution < 1.29 is 17.6 Å². The first-order valence-corrected chi connectivity index (χ1v) is 13.3. The number of aromatic nitrogens is 4. The topological polar surface area (TPSA) is 115 Å². The molecule has 0 saturated heterocycles. The van der Waals surface area contributed by atoms with Gasteiger partial charge in [0.15, 0.2) is 0 Å². The van der Waals surface area contributed by atoms with Gasteiger partial charge in [-0.1, -0.05) is 28.9 Å². The number of anilines is 2. The third-order valence-corrected chi connectivity index (χ3v) is 7.42. The summed E-state index contributed by atoms with van der Waals surface area (Å²) in [6.45, 7) is 4.42. The summed E-state index contributed by atoms with van der Waals surface area (Å²) in [6.07, 6.45) is -1.63. The average Bonchev–Trinajstić information content (AvgIpc) is 3.44. The number of nitriles is 2. The highest BCUT2D eigenvalue weighted by molar-refractivity contribution is 6.35. The first-order chi connectivity index (χ1) is 19.8. The Morgan fingerprint density at radius 1 is 1.12 bits per heavy atom. The second-order valence-electron chi connectivity index (χ2n) is 10.6. The lowest BCUT2D eigenvalue weighted by Crippen LogP contribution is -2.38. The average molecular weight is 599 g/mol. The van der Waals surface area contributed by atoms with Gasteiger partial charge in [0.1, 0.15) is 18.4 Å². The minimum Gasteiger partial charge on any atom is -0.382 e. The van der Waals surface area contributed by atoms with Crippen molar-refractivity contribution in [3.05, 3.63) is 75.7 Å². The van der Waals surface area contributed by atoms with E-state index in [9.17, 15) is 28.1 Å². The van der Waals surface area contributed by atoms with Crippen LogP contribution in [0.5, 0.6) is 0 Å². The molecule has 0 saturated carbocycles. The van der Waals surface area contributed by atoms with Crippen molar-refractivity contribution in [1.29, 1.82) is 10.5 Å². The van der Waals surface area contributed by atoms with Gasteiger partial charge < -0.3 is 10.6 Å². The molecule has 8 nitrogen and oxygen atoms in total. The molecule has 2 aromatic carbocycles. The highest BCUT2D eigenvalue weighted by Gasteiger charge is 2.47. The first-order valence-electron chi connectivity index (χ1n) is 12.9. The smallest absolute Gasteiger partial charge is 0.382 e. The number of pyridine rings is 1. The van der Waals surface area contributed by atoms with E-state index >= 15 is 0 Å². The molecule has 0 bridgehead atoms. The lowest BCUT2D eigenvalue weighted by Gasteiger charge is -2.28. The Balaban J connectivity index is 1.85. The van der Waals surface area contributed by atoms with E-state index in [4.69, 9.17) is 11.6 Å². The van der Waals surface area contributed by atoms with Gasteiger partial charge in [-0.25, -0.2) is 9.07 Å². The number of nitrogens with zero attached hydrogens (tertiary/aromatic N) is 6. The van der Waals surface area contributed by atoms with Crippen molar-refractivity contribution in [2.45, 2.75) is 46.0 Å². The van der Waals surface area contributed by atoms with Gasteiger partial charge in [-0.15, -0.1) is 5.10 Å². The molecule has 0 aliphatic carbocycles. The largest absolute Gasteiger partial charge is 0.395 e. The van der Waals surface area contributed by atoms with E-state index in [1.54, 1.807) is 44.3 Å². The molecule has 0 aliphatic heterocycles. The molecule has 42 heavy (non-hydrogen) atoms. The van der Waals surface area contributed by atoms with E-state index < -0.39 is 36.9 Å². The van der Waals surface area contributed by atoms with E-state index in [2.05, 4.69) is 32.0 Å². The maximum absolute atomic E-state index is 13.6. The van der Waals surface area contributed by atoms with Crippen LogP contribution in [0.1, 0.15) is 60.8 Å². The van der Waals surface area contributed by atoms with Crippen LogP contribution in [-0.2, 0) is 0 Å². The number of fused-ring (bicyclic) bond motifs is 1. The molecular weight excluding hydrogens is 572 g/mol. The van der Waals surface area contributed by atoms with E-state index in [0.29, 0.717) is 33.5 Å². The summed E-state index contributed by atoms with van der Waals surface area (Å²) < 4.78 is 55.5. The maximum atomic E-state index is 13.6. The Bertz CT molecular complexity index is 1700. The van der Waals surface area contributed by atoms with Gasteiger partial charge in [0.05, 0.1) is 57.1 Å². The molecule has 2 heterocycles. The highest BCUT2D eigenvalue weighted by atomic mass is 35.5. The quantitative estimate of drug-likeness (QED) is 0.195. The normalized spacial score (nSPS) is 13.3. The molecule has 218 valence electrons. The van der Waals surface area contributed by atoms with Gasteiger partial charge >= 0.3 is 6.18 Å². The van der Waals surface area contributed by atoms with Crippen LogP contribution < -0.4 is 10.6 Å². The minimum absolute atomic E-state index is 0.0472. The highest BCUT2D eigenvalue weighted by Crippen LogP contribution is 2.40. The van der Waals surface area contributed by atoms with Crippen molar-refractivity contribution in [2.75, 3.05) is 23.9 Å². The van der Waals surface area contributed by atoms with Crippen molar-refractivity contribution in [2.24, 2.45) is 5.41 Å². The molecule has 2 aromatic heterocycles. The summed E-state index contributed by atoms with van der Waals surface area (Å²) in [5.74, 6) is 0. The summed E-state index contributed by atoms with van der Waals surface area (Å²) >= 11 is 6.60. The fourth-order valence-corrected chi connectivity index (χ4v) is 4.57. The number of hydrogen-bond donors (Lipinski definition) is 2. The van der Waals surface area contributed by atoms with Gasteiger partial charge in [-0.2, -0.15) is 23.7 Å². The number of hydrogen-bond acceptors (Lipinski definition) is 7. The summed E-state index contributed by atoms with van der Waals surface area (Å²) in [7, 11) is 0. The molecule has 0 radical (unpaired) electrons. The maximum Gasteiger partial charge on any atom is 0.395 e. The third-order valence-electron chi connectivity index (χ3n) is 7.14. The molecule has 0 aliphatic rings. The van der Waals surface area contributed by atoms with Gasteiger partial charge in [-0.05, 0) is 57.0 Å². The predicted molar refractivity (Wildman–Crippen MR) is 152 cm³/mol. The van der Waals surface area contributed by atoms with E-state index in [0.717, 1.165) is 13.8 Å². The van der Waals surface area contributed by atoms with Gasteiger partial charge in [0.2, 0.25) is 0 Å². The van der Waals surface area contributed by atoms with Crippen LogP contribution in [-0.4, -0.2) is 39.4 Å². The SMILES string of the molecule is Cc1c(C#N)cccc1[C@H](Nc1cc(Cl)c2ncc(C#N)c(NCC(C)(C)C(F)(F)F)c2c1)c1cn(C(C)CF)nn1. The minimum atomic E-state index is -4.49. The number of alkyl halides is 4. The van der Waals surface area contributed by atoms with Crippen molar-refractivity contribution in [3.8, 4) is 12.1 Å². The van der Waals surface area contributed by atoms with Crippen molar-refractivity contribution in [1.82, 2.24) is 20.0 Å². The summed E-state index contributed by atoms with van der Waals surface area (Å²) in [6, 6.07) is 11.4. The molecule has 4 aromatic rings. The van der Waals surface area contributed by atoms with Crippen LogP contribution in [0.4, 0.5) is 28.9 Å². The zero-order chi connectivity index (χ0) is 30.8. The molecule has 2 atom stereocenters. The van der Waals surface area contributed by atoms with Crippen LogP contribution in [0.2, 0.25) is 5.02 Å². The van der Waals surface area contributed by atoms with Crippen LogP contribution in [0.3, 0.4) is 0 Å². The zero-order valence-electron chi connectivity index (χ0n) is 23.2.